The molecule has 0 aliphatic carbocycles. The van der Waals surface area contributed by atoms with Crippen LogP contribution in [0.4, 0.5) is 5.69 Å². The van der Waals surface area contributed by atoms with Gasteiger partial charge in [-0.25, -0.2) is 4.79 Å². The van der Waals surface area contributed by atoms with Crippen molar-refractivity contribution in [1.82, 2.24) is 0 Å². The summed E-state index contributed by atoms with van der Waals surface area (Å²) in [5.41, 5.74) is 1.67. The Labute approximate surface area is 141 Å². The van der Waals surface area contributed by atoms with E-state index < -0.39 is 12.1 Å². The van der Waals surface area contributed by atoms with Crippen molar-refractivity contribution in [3.8, 4) is 5.75 Å². The molecule has 0 spiro atoms. The molecule has 126 valence electrons. The van der Waals surface area contributed by atoms with Gasteiger partial charge in [0.05, 0.1) is 18.4 Å². The van der Waals surface area contributed by atoms with Crippen LogP contribution in [-0.4, -0.2) is 25.1 Å². The largest absolute Gasteiger partial charge is 0.480 e. The number of ether oxygens (including phenoxy) is 2. The van der Waals surface area contributed by atoms with Gasteiger partial charge in [-0.1, -0.05) is 37.3 Å². The van der Waals surface area contributed by atoms with Crippen LogP contribution in [0.3, 0.4) is 0 Å². The molecule has 1 atom stereocenters. The van der Waals surface area contributed by atoms with Gasteiger partial charge in [-0.3, -0.25) is 4.79 Å². The van der Waals surface area contributed by atoms with E-state index in [2.05, 4.69) is 5.32 Å². The molecule has 2 aromatic rings. The zero-order chi connectivity index (χ0) is 17.5. The van der Waals surface area contributed by atoms with Gasteiger partial charge in [-0.15, -0.1) is 0 Å². The van der Waals surface area contributed by atoms with Crippen LogP contribution in [0.1, 0.15) is 29.3 Å². The summed E-state index contributed by atoms with van der Waals surface area (Å²) >= 11 is 0. The van der Waals surface area contributed by atoms with E-state index >= 15 is 0 Å². The Bertz CT molecular complexity index is 727. The fourth-order valence-corrected chi connectivity index (χ4v) is 2.26. The second kappa shape index (κ2) is 8.15. The van der Waals surface area contributed by atoms with Gasteiger partial charge in [-0.2, -0.15) is 0 Å². The van der Waals surface area contributed by atoms with Crippen LogP contribution in [-0.2, 0) is 9.53 Å². The monoisotopic (exact) mass is 327 g/mol. The molecule has 1 unspecified atom stereocenters. The van der Waals surface area contributed by atoms with Crippen LogP contribution in [0, 0.1) is 6.92 Å². The normalized spacial score (nSPS) is 11.5. The van der Waals surface area contributed by atoms with Gasteiger partial charge < -0.3 is 14.8 Å². The topological polar surface area (TPSA) is 64.6 Å². The van der Waals surface area contributed by atoms with E-state index in [0.717, 1.165) is 5.56 Å². The molecule has 2 rings (SSSR count). The SMILES string of the molecule is CCC(Oc1ccccc1C)C(=O)Nc1ccccc1C(=O)OC. The molecule has 0 aromatic heterocycles. The van der Waals surface area contributed by atoms with Crippen molar-refractivity contribution < 1.29 is 19.1 Å². The first-order valence-corrected chi connectivity index (χ1v) is 7.77. The van der Waals surface area contributed by atoms with E-state index in [9.17, 15) is 9.59 Å². The first kappa shape index (κ1) is 17.5. The van der Waals surface area contributed by atoms with E-state index in [-0.39, 0.29) is 5.91 Å². The minimum atomic E-state index is -0.656. The summed E-state index contributed by atoms with van der Waals surface area (Å²) in [6.07, 6.45) is -0.155. The lowest BCUT2D eigenvalue weighted by molar-refractivity contribution is -0.122. The number of anilines is 1. The fraction of sp³-hybridized carbons (Fsp3) is 0.263. The fourth-order valence-electron chi connectivity index (χ4n) is 2.26. The summed E-state index contributed by atoms with van der Waals surface area (Å²) in [5, 5.41) is 2.75. The van der Waals surface area contributed by atoms with Crippen LogP contribution in [0.2, 0.25) is 0 Å². The Morgan fingerprint density at radius 2 is 1.75 bits per heavy atom. The molecule has 2 aromatic carbocycles. The second-order valence-corrected chi connectivity index (χ2v) is 5.31. The van der Waals surface area contributed by atoms with Gasteiger partial charge in [-0.05, 0) is 37.1 Å². The van der Waals surface area contributed by atoms with Gasteiger partial charge in [0.2, 0.25) is 0 Å². The molecule has 24 heavy (non-hydrogen) atoms. The van der Waals surface area contributed by atoms with Crippen molar-refractivity contribution in [1.29, 1.82) is 0 Å². The van der Waals surface area contributed by atoms with Gasteiger partial charge >= 0.3 is 5.97 Å². The molecule has 5 nitrogen and oxygen atoms in total. The molecule has 0 heterocycles. The van der Waals surface area contributed by atoms with Gasteiger partial charge in [0, 0.05) is 0 Å². The maximum Gasteiger partial charge on any atom is 0.339 e. The second-order valence-electron chi connectivity index (χ2n) is 5.31. The van der Waals surface area contributed by atoms with Crippen LogP contribution in [0.25, 0.3) is 0 Å². The lowest BCUT2D eigenvalue weighted by Crippen LogP contribution is -2.33. The summed E-state index contributed by atoms with van der Waals surface area (Å²) in [7, 11) is 1.30. The van der Waals surface area contributed by atoms with E-state index in [1.54, 1.807) is 24.3 Å². The van der Waals surface area contributed by atoms with E-state index in [1.807, 2.05) is 38.1 Å². The first-order chi connectivity index (χ1) is 11.6. The van der Waals surface area contributed by atoms with Crippen molar-refractivity contribution in [2.24, 2.45) is 0 Å². The summed E-state index contributed by atoms with van der Waals surface area (Å²) in [5.74, 6) is -0.142. The maximum atomic E-state index is 12.5. The lowest BCUT2D eigenvalue weighted by Gasteiger charge is -2.19. The Balaban J connectivity index is 2.16. The van der Waals surface area contributed by atoms with E-state index in [4.69, 9.17) is 9.47 Å². The number of carbonyl (C=O) groups is 2. The summed E-state index contributed by atoms with van der Waals surface area (Å²) < 4.78 is 10.6. The third kappa shape index (κ3) is 4.13. The number of nitrogens with one attached hydrogen (secondary N) is 1. The van der Waals surface area contributed by atoms with Crippen LogP contribution in [0.5, 0.6) is 5.75 Å². The molecular weight excluding hydrogens is 306 g/mol. The quantitative estimate of drug-likeness (QED) is 0.824. The van der Waals surface area contributed by atoms with E-state index in [1.165, 1.54) is 7.11 Å². The number of benzene rings is 2. The number of hydrogen-bond acceptors (Lipinski definition) is 4. The van der Waals surface area contributed by atoms with Crippen molar-refractivity contribution in [2.75, 3.05) is 12.4 Å². The molecule has 1 amide bonds. The molecule has 0 aliphatic rings. The van der Waals surface area contributed by atoms with Crippen molar-refractivity contribution in [2.45, 2.75) is 26.4 Å². The smallest absolute Gasteiger partial charge is 0.339 e. The Morgan fingerprint density at radius 1 is 1.08 bits per heavy atom. The number of esters is 1. The average molecular weight is 327 g/mol. The van der Waals surface area contributed by atoms with Gasteiger partial charge in [0.15, 0.2) is 6.10 Å². The number of rotatable bonds is 6. The number of hydrogen-bond donors (Lipinski definition) is 1. The third-order valence-electron chi connectivity index (χ3n) is 3.62. The third-order valence-corrected chi connectivity index (χ3v) is 3.62. The summed E-state index contributed by atoms with van der Waals surface area (Å²) in [4.78, 5) is 24.3. The zero-order valence-electron chi connectivity index (χ0n) is 14.0. The van der Waals surface area contributed by atoms with Crippen molar-refractivity contribution in [3.05, 3.63) is 59.7 Å². The highest BCUT2D eigenvalue weighted by Gasteiger charge is 2.21. The maximum absolute atomic E-state index is 12.5. The number of methoxy groups -OCH3 is 1. The standard InChI is InChI=1S/C19H21NO4/c1-4-16(24-17-12-8-5-9-13(17)2)18(21)20-15-11-7-6-10-14(15)19(22)23-3/h5-12,16H,4H2,1-3H3,(H,20,21). The Hall–Kier alpha value is -2.82. The number of amides is 1. The van der Waals surface area contributed by atoms with Crippen LogP contribution >= 0.6 is 0 Å². The average Bonchev–Trinajstić information content (AvgIpc) is 2.60. The van der Waals surface area contributed by atoms with Gasteiger partial charge in [0.25, 0.3) is 5.91 Å². The molecule has 1 N–H and O–H groups in total. The predicted octanol–water partition coefficient (Wildman–Crippen LogP) is 3.58. The van der Waals surface area contributed by atoms with Crippen molar-refractivity contribution >= 4 is 17.6 Å². The zero-order valence-corrected chi connectivity index (χ0v) is 14.0. The van der Waals surface area contributed by atoms with E-state index in [0.29, 0.717) is 23.4 Å². The highest BCUT2D eigenvalue weighted by atomic mass is 16.5. The van der Waals surface area contributed by atoms with Crippen LogP contribution < -0.4 is 10.1 Å². The Kier molecular flexibility index (Phi) is 5.95. The first-order valence-electron chi connectivity index (χ1n) is 7.77. The highest BCUT2D eigenvalue weighted by Crippen LogP contribution is 2.21. The van der Waals surface area contributed by atoms with Crippen molar-refractivity contribution in [3.63, 3.8) is 0 Å². The molecule has 0 radical (unpaired) electrons. The molecule has 0 saturated carbocycles. The molecule has 0 fully saturated rings. The number of aryl methyl sites for hydroxylation is 1. The minimum absolute atomic E-state index is 0.305. The summed E-state index contributed by atoms with van der Waals surface area (Å²) in [6, 6.07) is 14.2. The molecule has 0 aliphatic heterocycles. The predicted molar refractivity (Wildman–Crippen MR) is 92.3 cm³/mol. The van der Waals surface area contributed by atoms with Crippen LogP contribution in [0.15, 0.2) is 48.5 Å². The molecule has 0 bridgehead atoms. The molecule has 5 heteroatoms. The molecular formula is C19H21NO4. The summed E-state index contributed by atoms with van der Waals surface area (Å²) in [6.45, 7) is 3.79. The number of para-hydroxylation sites is 2. The molecule has 0 saturated heterocycles. The highest BCUT2D eigenvalue weighted by molar-refractivity contribution is 6.02. The Morgan fingerprint density at radius 3 is 2.42 bits per heavy atom. The number of carbonyl (C=O) groups excluding carboxylic acids is 2. The van der Waals surface area contributed by atoms with Gasteiger partial charge in [0.1, 0.15) is 5.75 Å². The lowest BCUT2D eigenvalue weighted by atomic mass is 10.1. The minimum Gasteiger partial charge on any atom is -0.480 e.